The minimum Gasteiger partial charge on any atom is -0.205 e. The predicted molar refractivity (Wildman–Crippen MR) is 94.4 cm³/mol. The normalized spacial score (nSPS) is 12.0. The fraction of sp³-hybridized carbons (Fsp3) is 0.533. The summed E-state index contributed by atoms with van der Waals surface area (Å²) in [5.41, 5.74) is 0.566. The summed E-state index contributed by atoms with van der Waals surface area (Å²) < 4.78 is 23.6. The summed E-state index contributed by atoms with van der Waals surface area (Å²) in [7, 11) is -3.39. The lowest BCUT2D eigenvalue weighted by Gasteiger charge is -2.04. The minimum atomic E-state index is -3.39. The Labute approximate surface area is 142 Å². The first kappa shape index (κ1) is 19.3. The number of rotatable bonds is 10. The summed E-state index contributed by atoms with van der Waals surface area (Å²) in [4.78, 5) is 2.20. The minimum absolute atomic E-state index is 0.0831. The van der Waals surface area contributed by atoms with Gasteiger partial charge in [0.2, 0.25) is 10.0 Å². The lowest BCUT2D eigenvalue weighted by atomic mass is 10.1. The van der Waals surface area contributed by atoms with Gasteiger partial charge in [-0.15, -0.1) is 0 Å². The highest BCUT2D eigenvalue weighted by atomic mass is 35.5. The molecule has 7 heteroatoms. The number of halogens is 2. The molecule has 0 radical (unpaired) electrons. The molecule has 0 bridgehead atoms. The number of hydrogen-bond donors (Lipinski definition) is 1. The van der Waals surface area contributed by atoms with Crippen molar-refractivity contribution < 1.29 is 8.42 Å². The van der Waals surface area contributed by atoms with Gasteiger partial charge in [0.25, 0.3) is 0 Å². The molecule has 0 spiro atoms. The molecule has 4 nitrogen and oxygen atoms in total. The molecule has 0 aliphatic carbocycles. The average Bonchev–Trinajstić information content (AvgIpc) is 2.47. The topological polar surface area (TPSA) is 58.5 Å². The molecular weight excluding hydrogens is 343 g/mol. The van der Waals surface area contributed by atoms with E-state index in [2.05, 4.69) is 16.9 Å². The smallest absolute Gasteiger partial charge is 0.205 e. The third-order valence-corrected chi connectivity index (χ3v) is 5.19. The summed E-state index contributed by atoms with van der Waals surface area (Å²) in [6.45, 7) is 2.15. The van der Waals surface area contributed by atoms with Crippen LogP contribution >= 0.6 is 23.2 Å². The van der Waals surface area contributed by atoms with Crippen LogP contribution in [-0.2, 0) is 10.0 Å². The van der Waals surface area contributed by atoms with Crippen molar-refractivity contribution in [2.45, 2.75) is 45.4 Å². The molecule has 0 aliphatic heterocycles. The first-order valence-corrected chi connectivity index (χ1v) is 9.83. The van der Waals surface area contributed by atoms with Crippen molar-refractivity contribution in [1.29, 1.82) is 0 Å². The highest BCUT2D eigenvalue weighted by Gasteiger charge is 2.08. The molecule has 0 aliphatic rings. The molecule has 0 amide bonds. The Morgan fingerprint density at radius 2 is 1.82 bits per heavy atom. The molecule has 0 atom stereocenters. The van der Waals surface area contributed by atoms with Gasteiger partial charge in [0.1, 0.15) is 0 Å². The molecule has 22 heavy (non-hydrogen) atoms. The Bertz CT molecular complexity index is 589. The maximum Gasteiger partial charge on any atom is 0.247 e. The highest BCUT2D eigenvalue weighted by molar-refractivity contribution is 7.89. The first-order chi connectivity index (χ1) is 10.5. The van der Waals surface area contributed by atoms with Gasteiger partial charge in [-0.05, 0) is 12.5 Å². The molecule has 0 aromatic heterocycles. The fourth-order valence-corrected chi connectivity index (χ4v) is 3.16. The Balaban J connectivity index is 2.38. The van der Waals surface area contributed by atoms with Gasteiger partial charge in [-0.2, -0.15) is 5.10 Å². The molecule has 0 saturated heterocycles. The van der Waals surface area contributed by atoms with Crippen LogP contribution < -0.4 is 4.83 Å². The lowest BCUT2D eigenvalue weighted by Crippen LogP contribution is -2.21. The number of sulfonamides is 1. The van der Waals surface area contributed by atoms with Crippen LogP contribution in [0.4, 0.5) is 0 Å². The second kappa shape index (κ2) is 10.1. The van der Waals surface area contributed by atoms with Crippen molar-refractivity contribution in [3.63, 3.8) is 0 Å². The van der Waals surface area contributed by atoms with E-state index in [0.29, 0.717) is 22.0 Å². The van der Waals surface area contributed by atoms with E-state index < -0.39 is 10.0 Å². The Morgan fingerprint density at radius 3 is 2.55 bits per heavy atom. The van der Waals surface area contributed by atoms with Crippen LogP contribution in [0.1, 0.15) is 51.0 Å². The predicted octanol–water partition coefficient (Wildman–Crippen LogP) is 4.61. The SMILES string of the molecule is CCCCCCCCS(=O)(=O)NN=Cc1cccc(Cl)c1Cl. The van der Waals surface area contributed by atoms with Gasteiger partial charge in [-0.1, -0.05) is 74.4 Å². The largest absolute Gasteiger partial charge is 0.247 e. The standard InChI is InChI=1S/C15H22Cl2N2O2S/c1-2-3-4-5-6-7-11-22(20,21)19-18-12-13-9-8-10-14(16)15(13)17/h8-10,12,19H,2-7,11H2,1H3. The summed E-state index contributed by atoms with van der Waals surface area (Å²) in [6, 6.07) is 5.09. The zero-order valence-corrected chi connectivity index (χ0v) is 15.0. The number of nitrogens with one attached hydrogen (secondary N) is 1. The third kappa shape index (κ3) is 7.47. The maximum atomic E-state index is 11.8. The molecule has 124 valence electrons. The van der Waals surface area contributed by atoms with E-state index >= 15 is 0 Å². The summed E-state index contributed by atoms with van der Waals surface area (Å²) in [6.07, 6.45) is 7.54. The van der Waals surface area contributed by atoms with Gasteiger partial charge >= 0.3 is 0 Å². The number of nitrogens with zero attached hydrogens (tertiary/aromatic N) is 1. The highest BCUT2D eigenvalue weighted by Crippen LogP contribution is 2.24. The van der Waals surface area contributed by atoms with Gasteiger partial charge in [0.05, 0.1) is 22.0 Å². The molecule has 1 N–H and O–H groups in total. The molecule has 0 unspecified atom stereocenters. The van der Waals surface area contributed by atoms with Gasteiger partial charge < -0.3 is 0 Å². The molecule has 0 heterocycles. The van der Waals surface area contributed by atoms with Crippen LogP contribution in [0.3, 0.4) is 0 Å². The summed E-state index contributed by atoms with van der Waals surface area (Å²) in [5.74, 6) is 0.0831. The second-order valence-corrected chi connectivity index (χ2v) is 7.68. The molecular formula is C15H22Cl2N2O2S. The Hall–Kier alpha value is -0.780. The van der Waals surface area contributed by atoms with Crippen molar-refractivity contribution in [2.75, 3.05) is 5.75 Å². The van der Waals surface area contributed by atoms with Crippen LogP contribution in [0, 0.1) is 0 Å². The lowest BCUT2D eigenvalue weighted by molar-refractivity contribution is 0.573. The monoisotopic (exact) mass is 364 g/mol. The summed E-state index contributed by atoms with van der Waals surface area (Å²) in [5, 5.41) is 4.49. The third-order valence-electron chi connectivity index (χ3n) is 3.14. The zero-order chi connectivity index (χ0) is 16.4. The van der Waals surface area contributed by atoms with Crippen LogP contribution in [0.2, 0.25) is 10.0 Å². The zero-order valence-electron chi connectivity index (χ0n) is 12.7. The maximum absolute atomic E-state index is 11.8. The van der Waals surface area contributed by atoms with Crippen molar-refractivity contribution in [2.24, 2.45) is 5.10 Å². The molecule has 1 aromatic rings. The van der Waals surface area contributed by atoms with Gasteiger partial charge in [-0.3, -0.25) is 0 Å². The molecule has 1 aromatic carbocycles. The number of hydrogen-bond acceptors (Lipinski definition) is 3. The first-order valence-electron chi connectivity index (χ1n) is 7.43. The van der Waals surface area contributed by atoms with Crippen LogP contribution in [0.5, 0.6) is 0 Å². The average molecular weight is 365 g/mol. The quantitative estimate of drug-likeness (QED) is 0.374. The van der Waals surface area contributed by atoms with E-state index in [9.17, 15) is 8.42 Å². The fourth-order valence-electron chi connectivity index (χ4n) is 1.91. The van der Waals surface area contributed by atoms with Crippen LogP contribution in [-0.4, -0.2) is 20.4 Å². The molecule has 0 saturated carbocycles. The van der Waals surface area contributed by atoms with E-state index in [1.807, 2.05) is 0 Å². The summed E-state index contributed by atoms with van der Waals surface area (Å²) >= 11 is 11.9. The number of hydrazone groups is 1. The van der Waals surface area contributed by atoms with E-state index in [1.54, 1.807) is 18.2 Å². The van der Waals surface area contributed by atoms with Crippen LogP contribution in [0.15, 0.2) is 23.3 Å². The van der Waals surface area contributed by atoms with E-state index in [-0.39, 0.29) is 5.75 Å². The number of unbranched alkanes of at least 4 members (excludes halogenated alkanes) is 5. The molecule has 0 fully saturated rings. The Kier molecular flexibility index (Phi) is 8.83. The van der Waals surface area contributed by atoms with E-state index in [4.69, 9.17) is 23.2 Å². The van der Waals surface area contributed by atoms with Gasteiger partial charge in [0, 0.05) is 5.56 Å². The van der Waals surface area contributed by atoms with Crippen molar-refractivity contribution in [3.05, 3.63) is 33.8 Å². The van der Waals surface area contributed by atoms with E-state index in [1.165, 1.54) is 19.1 Å². The Morgan fingerprint density at radius 1 is 1.14 bits per heavy atom. The van der Waals surface area contributed by atoms with Gasteiger partial charge in [0.15, 0.2) is 0 Å². The van der Waals surface area contributed by atoms with Crippen LogP contribution in [0.25, 0.3) is 0 Å². The van der Waals surface area contributed by atoms with Crippen molar-refractivity contribution in [1.82, 2.24) is 4.83 Å². The van der Waals surface area contributed by atoms with E-state index in [0.717, 1.165) is 19.3 Å². The second-order valence-electron chi connectivity index (χ2n) is 5.08. The number of benzene rings is 1. The van der Waals surface area contributed by atoms with Gasteiger partial charge in [-0.25, -0.2) is 13.2 Å². The van der Waals surface area contributed by atoms with Crippen molar-refractivity contribution in [3.8, 4) is 0 Å². The molecule has 1 rings (SSSR count). The van der Waals surface area contributed by atoms with Crippen molar-refractivity contribution >= 4 is 39.4 Å².